The van der Waals surface area contributed by atoms with Gasteiger partial charge in [0.1, 0.15) is 0 Å². The first kappa shape index (κ1) is 20.1. The predicted octanol–water partition coefficient (Wildman–Crippen LogP) is 3.57. The summed E-state index contributed by atoms with van der Waals surface area (Å²) in [6.07, 6.45) is 2.87. The van der Waals surface area contributed by atoms with E-state index >= 15 is 0 Å². The van der Waals surface area contributed by atoms with Gasteiger partial charge in [0.15, 0.2) is 0 Å². The number of rotatable bonds is 5. The zero-order valence-electron chi connectivity index (χ0n) is 16.5. The maximum Gasteiger partial charge on any atom is 0.0994 e. The Hall–Kier alpha value is -2.23. The monoisotopic (exact) mass is 393 g/mol. The van der Waals surface area contributed by atoms with Gasteiger partial charge in [-0.2, -0.15) is 5.26 Å². The van der Waals surface area contributed by atoms with E-state index in [9.17, 15) is 15.5 Å². The molecule has 2 N–H and O–H groups in total. The van der Waals surface area contributed by atoms with Crippen LogP contribution in [0.3, 0.4) is 0 Å². The number of benzene rings is 2. The molecule has 152 valence electrons. The van der Waals surface area contributed by atoms with Crippen molar-refractivity contribution in [3.05, 3.63) is 70.3 Å². The van der Waals surface area contributed by atoms with Crippen molar-refractivity contribution in [2.45, 2.75) is 56.5 Å². The molecule has 5 heteroatoms. The van der Waals surface area contributed by atoms with E-state index in [1.807, 2.05) is 18.2 Å². The van der Waals surface area contributed by atoms with E-state index in [1.165, 1.54) is 5.56 Å². The number of ether oxygens (including phenoxy) is 2. The minimum Gasteiger partial charge on any atom is -0.394 e. The summed E-state index contributed by atoms with van der Waals surface area (Å²) in [5, 5.41) is 29.1. The van der Waals surface area contributed by atoms with Gasteiger partial charge in [-0.15, -0.1) is 0 Å². The van der Waals surface area contributed by atoms with Crippen LogP contribution < -0.4 is 0 Å². The van der Waals surface area contributed by atoms with Crippen LogP contribution >= 0.6 is 0 Å². The summed E-state index contributed by atoms with van der Waals surface area (Å²) in [5.41, 5.74) is 4.87. The molecule has 2 heterocycles. The van der Waals surface area contributed by atoms with Gasteiger partial charge in [0.25, 0.3) is 0 Å². The first-order chi connectivity index (χ1) is 14.2. The molecule has 2 fully saturated rings. The lowest BCUT2D eigenvalue weighted by atomic mass is 9.92. The normalized spacial score (nSPS) is 26.9. The van der Waals surface area contributed by atoms with Crippen LogP contribution in [0.1, 0.15) is 65.7 Å². The van der Waals surface area contributed by atoms with Crippen LogP contribution in [-0.2, 0) is 15.9 Å². The highest BCUT2D eigenvalue weighted by atomic mass is 16.5. The molecular weight excluding hydrogens is 366 g/mol. The van der Waals surface area contributed by atoms with Gasteiger partial charge in [-0.3, -0.25) is 0 Å². The molecule has 0 aromatic heterocycles. The van der Waals surface area contributed by atoms with Crippen molar-refractivity contribution in [3.8, 4) is 6.07 Å². The van der Waals surface area contributed by atoms with E-state index in [1.54, 1.807) is 0 Å². The van der Waals surface area contributed by atoms with Gasteiger partial charge in [0, 0.05) is 19.4 Å². The maximum absolute atomic E-state index is 10.1. The van der Waals surface area contributed by atoms with E-state index in [0.29, 0.717) is 24.8 Å². The van der Waals surface area contributed by atoms with Gasteiger partial charge in [-0.05, 0) is 47.6 Å². The SMILES string of the molecule is N#Cc1ccc([C@H]2C[C@@H](O)C[C@@H](CO)O2)cc1Cc1ccc(C2CCCO2)cc1. The van der Waals surface area contributed by atoms with Crippen molar-refractivity contribution in [2.24, 2.45) is 0 Å². The van der Waals surface area contributed by atoms with E-state index in [2.05, 4.69) is 30.3 Å². The number of nitriles is 1. The first-order valence-electron chi connectivity index (χ1n) is 10.3. The second-order valence-electron chi connectivity index (χ2n) is 8.00. The second-order valence-corrected chi connectivity index (χ2v) is 8.00. The summed E-state index contributed by atoms with van der Waals surface area (Å²) in [5.74, 6) is 0. The Kier molecular flexibility index (Phi) is 6.27. The van der Waals surface area contributed by atoms with Crippen LogP contribution in [0, 0.1) is 11.3 Å². The van der Waals surface area contributed by atoms with Crippen molar-refractivity contribution in [1.29, 1.82) is 5.26 Å². The van der Waals surface area contributed by atoms with Gasteiger partial charge in [0.05, 0.1) is 42.7 Å². The molecule has 0 radical (unpaired) electrons. The summed E-state index contributed by atoms with van der Waals surface area (Å²) >= 11 is 0. The van der Waals surface area contributed by atoms with Crippen LogP contribution in [0.15, 0.2) is 42.5 Å². The third-order valence-electron chi connectivity index (χ3n) is 5.88. The van der Waals surface area contributed by atoms with E-state index in [0.717, 1.165) is 36.1 Å². The molecule has 0 aliphatic carbocycles. The highest BCUT2D eigenvalue weighted by molar-refractivity contribution is 5.44. The van der Waals surface area contributed by atoms with Gasteiger partial charge in [-0.1, -0.05) is 36.4 Å². The van der Waals surface area contributed by atoms with Crippen molar-refractivity contribution >= 4 is 0 Å². The van der Waals surface area contributed by atoms with Crippen molar-refractivity contribution < 1.29 is 19.7 Å². The van der Waals surface area contributed by atoms with E-state index in [-0.39, 0.29) is 24.9 Å². The third-order valence-corrected chi connectivity index (χ3v) is 5.88. The minimum absolute atomic E-state index is 0.103. The molecule has 0 saturated carbocycles. The largest absolute Gasteiger partial charge is 0.394 e. The van der Waals surface area contributed by atoms with Gasteiger partial charge >= 0.3 is 0 Å². The Morgan fingerprint density at radius 3 is 2.52 bits per heavy atom. The number of aliphatic hydroxyl groups excluding tert-OH is 2. The standard InChI is InChI=1S/C24H27NO4/c25-14-19-8-7-18(24-13-21(27)12-22(15-26)29-24)11-20(19)10-16-3-5-17(6-4-16)23-2-1-9-28-23/h3-8,11,21-24,26-27H,1-2,9-10,12-13,15H2/t21-,22-,23?,24+/m0/s1. The van der Waals surface area contributed by atoms with Crippen LogP contribution in [0.4, 0.5) is 0 Å². The number of aliphatic hydroxyl groups is 2. The summed E-state index contributed by atoms with van der Waals surface area (Å²) in [7, 11) is 0. The molecule has 29 heavy (non-hydrogen) atoms. The minimum atomic E-state index is -0.490. The average molecular weight is 393 g/mol. The Labute approximate surface area is 171 Å². The Morgan fingerprint density at radius 2 is 1.83 bits per heavy atom. The van der Waals surface area contributed by atoms with Crippen LogP contribution in [0.25, 0.3) is 0 Å². The molecule has 2 aromatic carbocycles. The Morgan fingerprint density at radius 1 is 1.03 bits per heavy atom. The van der Waals surface area contributed by atoms with Gasteiger partial charge in [-0.25, -0.2) is 0 Å². The van der Waals surface area contributed by atoms with Gasteiger partial charge in [0.2, 0.25) is 0 Å². The summed E-state index contributed by atoms with van der Waals surface area (Å²) in [6, 6.07) is 16.4. The van der Waals surface area contributed by atoms with Gasteiger partial charge < -0.3 is 19.7 Å². The highest BCUT2D eigenvalue weighted by Gasteiger charge is 2.29. The summed E-state index contributed by atoms with van der Waals surface area (Å²) < 4.78 is 11.7. The molecule has 0 amide bonds. The second kappa shape index (κ2) is 9.06. The molecule has 2 aromatic rings. The average Bonchev–Trinajstić information content (AvgIpc) is 3.28. The quantitative estimate of drug-likeness (QED) is 0.811. The lowest BCUT2D eigenvalue weighted by Gasteiger charge is -2.32. The molecule has 2 aliphatic heterocycles. The fourth-order valence-electron chi connectivity index (χ4n) is 4.30. The molecule has 2 aliphatic rings. The molecule has 0 bridgehead atoms. The fraction of sp³-hybridized carbons (Fsp3) is 0.458. The smallest absolute Gasteiger partial charge is 0.0994 e. The highest BCUT2D eigenvalue weighted by Crippen LogP contribution is 2.33. The Balaban J connectivity index is 1.53. The molecule has 5 nitrogen and oxygen atoms in total. The summed E-state index contributed by atoms with van der Waals surface area (Å²) in [6.45, 7) is 0.730. The Bertz CT molecular complexity index is 867. The fourth-order valence-corrected chi connectivity index (χ4v) is 4.30. The molecular formula is C24H27NO4. The molecule has 1 unspecified atom stereocenters. The van der Waals surface area contributed by atoms with Crippen molar-refractivity contribution in [1.82, 2.24) is 0 Å². The maximum atomic E-state index is 10.1. The number of hydrogen-bond acceptors (Lipinski definition) is 5. The molecule has 0 spiro atoms. The van der Waals surface area contributed by atoms with Crippen LogP contribution in [0.2, 0.25) is 0 Å². The molecule has 4 atom stereocenters. The topological polar surface area (TPSA) is 82.7 Å². The zero-order valence-corrected chi connectivity index (χ0v) is 16.5. The first-order valence-corrected chi connectivity index (χ1v) is 10.3. The predicted molar refractivity (Wildman–Crippen MR) is 108 cm³/mol. The van der Waals surface area contributed by atoms with Crippen LogP contribution in [0.5, 0.6) is 0 Å². The lowest BCUT2D eigenvalue weighted by molar-refractivity contribution is -0.113. The number of hydrogen-bond donors (Lipinski definition) is 2. The van der Waals surface area contributed by atoms with E-state index in [4.69, 9.17) is 9.47 Å². The number of nitrogens with zero attached hydrogens (tertiary/aromatic N) is 1. The van der Waals surface area contributed by atoms with Crippen LogP contribution in [-0.4, -0.2) is 35.6 Å². The van der Waals surface area contributed by atoms with E-state index < -0.39 is 6.10 Å². The third kappa shape index (κ3) is 4.68. The molecule has 4 rings (SSSR count). The zero-order chi connectivity index (χ0) is 20.2. The summed E-state index contributed by atoms with van der Waals surface area (Å²) in [4.78, 5) is 0. The van der Waals surface area contributed by atoms with Crippen molar-refractivity contribution in [2.75, 3.05) is 13.2 Å². The van der Waals surface area contributed by atoms with Crippen molar-refractivity contribution in [3.63, 3.8) is 0 Å². The lowest BCUT2D eigenvalue weighted by Crippen LogP contribution is -2.33. The molecule has 2 saturated heterocycles.